The van der Waals surface area contributed by atoms with Crippen LogP contribution in [0.25, 0.3) is 5.69 Å². The van der Waals surface area contributed by atoms with Crippen molar-refractivity contribution in [2.75, 3.05) is 5.73 Å². The summed E-state index contributed by atoms with van der Waals surface area (Å²) in [4.78, 5) is 11.4. The van der Waals surface area contributed by atoms with Crippen LogP contribution in [0.5, 0.6) is 0 Å². The van der Waals surface area contributed by atoms with Gasteiger partial charge in [-0.1, -0.05) is 18.2 Å². The SMILES string of the molecule is Nc1c[nH]n(-c2ccccc2)c1=O. The molecule has 2 rings (SSSR count). The first-order valence-corrected chi connectivity index (χ1v) is 3.90. The Morgan fingerprint density at radius 3 is 2.46 bits per heavy atom. The van der Waals surface area contributed by atoms with Crippen molar-refractivity contribution < 1.29 is 0 Å². The van der Waals surface area contributed by atoms with Gasteiger partial charge in [-0.2, -0.15) is 0 Å². The van der Waals surface area contributed by atoms with E-state index < -0.39 is 0 Å². The van der Waals surface area contributed by atoms with Crippen molar-refractivity contribution >= 4 is 5.69 Å². The maximum atomic E-state index is 11.4. The van der Waals surface area contributed by atoms with Gasteiger partial charge in [-0.25, -0.2) is 4.68 Å². The van der Waals surface area contributed by atoms with Crippen molar-refractivity contribution in [3.8, 4) is 5.69 Å². The summed E-state index contributed by atoms with van der Waals surface area (Å²) in [6, 6.07) is 9.27. The van der Waals surface area contributed by atoms with E-state index in [4.69, 9.17) is 5.73 Å². The molecule has 0 spiro atoms. The van der Waals surface area contributed by atoms with Gasteiger partial charge in [-0.05, 0) is 12.1 Å². The molecular formula is C9H9N3O. The Morgan fingerprint density at radius 2 is 1.92 bits per heavy atom. The zero-order valence-corrected chi connectivity index (χ0v) is 6.90. The number of nitrogens with two attached hydrogens (primary N) is 1. The lowest BCUT2D eigenvalue weighted by Gasteiger charge is -1.98. The highest BCUT2D eigenvalue weighted by molar-refractivity contribution is 5.37. The van der Waals surface area contributed by atoms with Crippen LogP contribution in [0.4, 0.5) is 5.69 Å². The molecule has 0 saturated heterocycles. The highest BCUT2D eigenvalue weighted by atomic mass is 16.1. The van der Waals surface area contributed by atoms with Gasteiger partial charge in [0.25, 0.3) is 5.56 Å². The molecular weight excluding hydrogens is 166 g/mol. The summed E-state index contributed by atoms with van der Waals surface area (Å²) < 4.78 is 1.40. The maximum Gasteiger partial charge on any atom is 0.294 e. The molecule has 1 aromatic carbocycles. The summed E-state index contributed by atoms with van der Waals surface area (Å²) in [5, 5.41) is 2.77. The molecule has 13 heavy (non-hydrogen) atoms. The van der Waals surface area contributed by atoms with Gasteiger partial charge in [-0.15, -0.1) is 0 Å². The fraction of sp³-hybridized carbons (Fsp3) is 0. The maximum absolute atomic E-state index is 11.4. The molecule has 0 aliphatic rings. The van der Waals surface area contributed by atoms with Crippen LogP contribution in [-0.2, 0) is 0 Å². The average Bonchev–Trinajstić information content (AvgIpc) is 2.49. The van der Waals surface area contributed by atoms with E-state index >= 15 is 0 Å². The number of nitrogen functional groups attached to an aromatic ring is 1. The minimum atomic E-state index is -0.216. The molecule has 1 aromatic heterocycles. The number of aromatic amines is 1. The van der Waals surface area contributed by atoms with Gasteiger partial charge in [0.1, 0.15) is 5.69 Å². The van der Waals surface area contributed by atoms with E-state index in [9.17, 15) is 4.79 Å². The van der Waals surface area contributed by atoms with Crippen LogP contribution in [0.3, 0.4) is 0 Å². The van der Waals surface area contributed by atoms with Crippen molar-refractivity contribution in [2.45, 2.75) is 0 Å². The van der Waals surface area contributed by atoms with E-state index in [2.05, 4.69) is 5.10 Å². The van der Waals surface area contributed by atoms with Crippen LogP contribution in [0.15, 0.2) is 41.3 Å². The molecule has 0 unspecified atom stereocenters. The predicted molar refractivity (Wildman–Crippen MR) is 50.8 cm³/mol. The lowest BCUT2D eigenvalue weighted by molar-refractivity contribution is 0.850. The fourth-order valence-electron chi connectivity index (χ4n) is 1.15. The number of hydrogen-bond donors (Lipinski definition) is 2. The zero-order chi connectivity index (χ0) is 9.26. The summed E-state index contributed by atoms with van der Waals surface area (Å²) in [6.45, 7) is 0. The van der Waals surface area contributed by atoms with E-state index in [-0.39, 0.29) is 11.2 Å². The number of aromatic nitrogens is 2. The molecule has 0 atom stereocenters. The van der Waals surface area contributed by atoms with Crippen LogP contribution >= 0.6 is 0 Å². The number of hydrogen-bond acceptors (Lipinski definition) is 2. The Balaban J connectivity index is 2.60. The standard InChI is InChI=1S/C9H9N3O/c10-8-6-11-12(9(8)13)7-4-2-1-3-5-7/h1-6,11H,10H2. The van der Waals surface area contributed by atoms with Gasteiger partial charge in [0.15, 0.2) is 0 Å². The normalized spacial score (nSPS) is 10.2. The molecule has 2 aromatic rings. The molecule has 0 bridgehead atoms. The Hall–Kier alpha value is -1.97. The van der Waals surface area contributed by atoms with Gasteiger partial charge >= 0.3 is 0 Å². The minimum Gasteiger partial charge on any atom is -0.393 e. The first kappa shape index (κ1) is 7.67. The van der Waals surface area contributed by atoms with Crippen LogP contribution in [0, 0.1) is 0 Å². The third-order valence-electron chi connectivity index (χ3n) is 1.81. The predicted octanol–water partition coefficient (Wildman–Crippen LogP) is 0.748. The molecule has 1 heterocycles. The van der Waals surface area contributed by atoms with Crippen molar-refractivity contribution in [1.82, 2.24) is 9.78 Å². The summed E-state index contributed by atoms with van der Waals surface area (Å²) >= 11 is 0. The number of nitrogens with zero attached hydrogens (tertiary/aromatic N) is 1. The fourth-order valence-corrected chi connectivity index (χ4v) is 1.15. The lowest BCUT2D eigenvalue weighted by atomic mass is 10.3. The van der Waals surface area contributed by atoms with Crippen LogP contribution in [0.1, 0.15) is 0 Å². The number of anilines is 1. The van der Waals surface area contributed by atoms with E-state index in [0.29, 0.717) is 0 Å². The average molecular weight is 175 g/mol. The molecule has 4 heteroatoms. The highest BCUT2D eigenvalue weighted by Crippen LogP contribution is 2.02. The van der Waals surface area contributed by atoms with Crippen LogP contribution < -0.4 is 11.3 Å². The highest BCUT2D eigenvalue weighted by Gasteiger charge is 2.02. The molecule has 0 aliphatic carbocycles. The number of H-pyrrole nitrogens is 1. The van der Waals surface area contributed by atoms with Crippen molar-refractivity contribution in [1.29, 1.82) is 0 Å². The van der Waals surface area contributed by atoms with Crippen LogP contribution in [0.2, 0.25) is 0 Å². The first-order chi connectivity index (χ1) is 6.29. The van der Waals surface area contributed by atoms with Gasteiger partial charge in [0, 0.05) is 6.20 Å². The number of para-hydroxylation sites is 1. The second-order valence-corrected chi connectivity index (χ2v) is 2.70. The molecule has 3 N–H and O–H groups in total. The monoisotopic (exact) mass is 175 g/mol. The molecule has 0 aliphatic heterocycles. The first-order valence-electron chi connectivity index (χ1n) is 3.90. The van der Waals surface area contributed by atoms with Gasteiger partial charge in [-0.3, -0.25) is 9.89 Å². The van der Waals surface area contributed by atoms with E-state index in [1.807, 2.05) is 30.3 Å². The molecule has 0 saturated carbocycles. The summed E-state index contributed by atoms with van der Waals surface area (Å²) in [7, 11) is 0. The quantitative estimate of drug-likeness (QED) is 0.671. The Morgan fingerprint density at radius 1 is 1.23 bits per heavy atom. The molecule has 0 radical (unpaired) electrons. The van der Waals surface area contributed by atoms with E-state index in [1.165, 1.54) is 10.9 Å². The Labute approximate surface area is 74.6 Å². The summed E-state index contributed by atoms with van der Waals surface area (Å²) in [5.41, 5.74) is 6.20. The second-order valence-electron chi connectivity index (χ2n) is 2.70. The van der Waals surface area contributed by atoms with Crippen molar-refractivity contribution in [2.24, 2.45) is 0 Å². The Bertz CT molecular complexity index is 455. The van der Waals surface area contributed by atoms with Crippen molar-refractivity contribution in [3.05, 3.63) is 46.9 Å². The van der Waals surface area contributed by atoms with E-state index in [0.717, 1.165) is 5.69 Å². The number of nitrogens with one attached hydrogen (secondary N) is 1. The summed E-state index contributed by atoms with van der Waals surface area (Å²) in [6.07, 6.45) is 1.48. The van der Waals surface area contributed by atoms with Gasteiger partial charge < -0.3 is 5.73 Å². The molecule has 0 amide bonds. The summed E-state index contributed by atoms with van der Waals surface area (Å²) in [5.74, 6) is 0. The van der Waals surface area contributed by atoms with Crippen LogP contribution in [-0.4, -0.2) is 9.78 Å². The third kappa shape index (κ3) is 1.22. The van der Waals surface area contributed by atoms with E-state index in [1.54, 1.807) is 0 Å². The Kier molecular flexibility index (Phi) is 1.66. The molecule has 4 nitrogen and oxygen atoms in total. The number of rotatable bonds is 1. The second kappa shape index (κ2) is 2.82. The largest absolute Gasteiger partial charge is 0.393 e. The molecule has 0 fully saturated rings. The topological polar surface area (TPSA) is 63.8 Å². The van der Waals surface area contributed by atoms with Crippen molar-refractivity contribution in [3.63, 3.8) is 0 Å². The smallest absolute Gasteiger partial charge is 0.294 e. The number of benzene rings is 1. The van der Waals surface area contributed by atoms with Gasteiger partial charge in [0.05, 0.1) is 5.69 Å². The zero-order valence-electron chi connectivity index (χ0n) is 6.90. The minimum absolute atomic E-state index is 0.216. The molecule has 66 valence electrons. The third-order valence-corrected chi connectivity index (χ3v) is 1.81. The lowest BCUT2D eigenvalue weighted by Crippen LogP contribution is -2.16. The van der Waals surface area contributed by atoms with Gasteiger partial charge in [0.2, 0.25) is 0 Å².